The van der Waals surface area contributed by atoms with Gasteiger partial charge in [0.2, 0.25) is 5.91 Å². The topological polar surface area (TPSA) is 116 Å². The van der Waals surface area contributed by atoms with Crippen molar-refractivity contribution in [1.29, 1.82) is 0 Å². The molecular weight excluding hydrogens is 266 g/mol. The first-order chi connectivity index (χ1) is 9.45. The van der Waals surface area contributed by atoms with Crippen LogP contribution in [0.4, 0.5) is 17.1 Å². The smallest absolute Gasteiger partial charge is 0.311 e. The van der Waals surface area contributed by atoms with Crippen LogP contribution >= 0.6 is 0 Å². The summed E-state index contributed by atoms with van der Waals surface area (Å²) in [6.45, 7) is 0.108. The van der Waals surface area contributed by atoms with Crippen LogP contribution in [0, 0.1) is 16.0 Å². The van der Waals surface area contributed by atoms with Gasteiger partial charge in [0.15, 0.2) is 0 Å². The van der Waals surface area contributed by atoms with E-state index < -0.39 is 16.8 Å². The number of nitro benzene ring substituents is 1. The first-order valence-electron chi connectivity index (χ1n) is 5.86. The Kier molecular flexibility index (Phi) is 3.55. The number of nitrogens with two attached hydrogens (primary N) is 1. The van der Waals surface area contributed by atoms with E-state index in [9.17, 15) is 19.7 Å². The zero-order valence-corrected chi connectivity index (χ0v) is 10.7. The molecule has 1 aromatic carbocycles. The van der Waals surface area contributed by atoms with Crippen LogP contribution in [0.1, 0.15) is 6.42 Å². The number of amides is 1. The summed E-state index contributed by atoms with van der Waals surface area (Å²) >= 11 is 0. The molecule has 1 aliphatic rings. The van der Waals surface area contributed by atoms with Crippen molar-refractivity contribution < 1.29 is 19.2 Å². The van der Waals surface area contributed by atoms with Crippen molar-refractivity contribution in [3.8, 4) is 0 Å². The molecule has 0 bridgehead atoms. The minimum absolute atomic E-state index is 0.00874. The number of nitro groups is 1. The summed E-state index contributed by atoms with van der Waals surface area (Å²) in [5.41, 5.74) is 5.62. The van der Waals surface area contributed by atoms with E-state index in [1.165, 1.54) is 30.2 Å². The van der Waals surface area contributed by atoms with E-state index in [1.807, 2.05) is 0 Å². The normalized spacial score (nSPS) is 18.1. The van der Waals surface area contributed by atoms with Gasteiger partial charge in [0.25, 0.3) is 5.69 Å². The van der Waals surface area contributed by atoms with Gasteiger partial charge in [0.05, 0.1) is 23.6 Å². The minimum Gasteiger partial charge on any atom is -0.469 e. The SMILES string of the molecule is COC(=O)C1CC(=O)N(c2cccc([N+](=O)[O-])c2N)C1. The van der Waals surface area contributed by atoms with Crippen LogP contribution in [0.2, 0.25) is 0 Å². The van der Waals surface area contributed by atoms with E-state index in [0.717, 1.165) is 0 Å². The van der Waals surface area contributed by atoms with Gasteiger partial charge in [-0.15, -0.1) is 0 Å². The van der Waals surface area contributed by atoms with Crippen LogP contribution in [0.3, 0.4) is 0 Å². The van der Waals surface area contributed by atoms with Crippen LogP contribution in [-0.4, -0.2) is 30.5 Å². The lowest BCUT2D eigenvalue weighted by atomic mass is 10.1. The first-order valence-corrected chi connectivity index (χ1v) is 5.86. The Morgan fingerprint density at radius 2 is 2.25 bits per heavy atom. The highest BCUT2D eigenvalue weighted by atomic mass is 16.6. The Morgan fingerprint density at radius 1 is 1.55 bits per heavy atom. The number of methoxy groups -OCH3 is 1. The second kappa shape index (κ2) is 5.16. The van der Waals surface area contributed by atoms with Crippen LogP contribution < -0.4 is 10.6 Å². The third kappa shape index (κ3) is 2.27. The van der Waals surface area contributed by atoms with Crippen molar-refractivity contribution in [1.82, 2.24) is 0 Å². The summed E-state index contributed by atoms with van der Waals surface area (Å²) in [6.07, 6.45) is 0.00874. The van der Waals surface area contributed by atoms with Crippen molar-refractivity contribution in [3.63, 3.8) is 0 Å². The molecule has 0 aromatic heterocycles. The highest BCUT2D eigenvalue weighted by Crippen LogP contribution is 2.35. The number of anilines is 2. The Morgan fingerprint density at radius 3 is 2.85 bits per heavy atom. The standard InChI is InChI=1S/C12H13N3O5/c1-20-12(17)7-5-10(16)14(6-7)8-3-2-4-9(11(8)13)15(18)19/h2-4,7H,5-6,13H2,1H3. The molecule has 1 heterocycles. The number of nitrogens with zero attached hydrogens (tertiary/aromatic N) is 2. The lowest BCUT2D eigenvalue weighted by Gasteiger charge is -2.18. The number of carbonyl (C=O) groups excluding carboxylic acids is 2. The molecule has 2 N–H and O–H groups in total. The maximum Gasteiger partial charge on any atom is 0.311 e. The molecular formula is C12H13N3O5. The van der Waals surface area contributed by atoms with Crippen LogP contribution in [-0.2, 0) is 14.3 Å². The molecule has 0 spiro atoms. The molecule has 1 saturated heterocycles. The monoisotopic (exact) mass is 279 g/mol. The molecule has 20 heavy (non-hydrogen) atoms. The van der Waals surface area contributed by atoms with E-state index in [1.54, 1.807) is 0 Å². The van der Waals surface area contributed by atoms with Gasteiger partial charge in [-0.25, -0.2) is 0 Å². The number of nitrogen functional groups attached to an aromatic ring is 1. The van der Waals surface area contributed by atoms with E-state index >= 15 is 0 Å². The summed E-state index contributed by atoms with van der Waals surface area (Å²) < 4.78 is 4.60. The molecule has 1 aliphatic heterocycles. The van der Waals surface area contributed by atoms with Gasteiger partial charge in [-0.1, -0.05) is 6.07 Å². The van der Waals surface area contributed by atoms with Gasteiger partial charge >= 0.3 is 5.97 Å². The molecule has 1 atom stereocenters. The van der Waals surface area contributed by atoms with Gasteiger partial charge < -0.3 is 15.4 Å². The minimum atomic E-state index is -0.614. The third-order valence-corrected chi connectivity index (χ3v) is 3.21. The fourth-order valence-electron chi connectivity index (χ4n) is 2.20. The summed E-state index contributed by atoms with van der Waals surface area (Å²) in [4.78, 5) is 34.9. The second-order valence-corrected chi connectivity index (χ2v) is 4.40. The summed E-state index contributed by atoms with van der Waals surface area (Å²) in [7, 11) is 1.25. The lowest BCUT2D eigenvalue weighted by molar-refractivity contribution is -0.383. The number of para-hydroxylation sites is 1. The molecule has 1 fully saturated rings. The van der Waals surface area contributed by atoms with Crippen molar-refractivity contribution in [2.24, 2.45) is 5.92 Å². The molecule has 2 rings (SSSR count). The summed E-state index contributed by atoms with van der Waals surface area (Å²) in [6, 6.07) is 4.22. The Bertz CT molecular complexity index is 586. The molecule has 106 valence electrons. The van der Waals surface area contributed by atoms with Crippen molar-refractivity contribution >= 4 is 28.9 Å². The van der Waals surface area contributed by atoms with Crippen molar-refractivity contribution in [3.05, 3.63) is 28.3 Å². The Balaban J connectivity index is 2.33. The van der Waals surface area contributed by atoms with Crippen LogP contribution in [0.5, 0.6) is 0 Å². The zero-order valence-electron chi connectivity index (χ0n) is 10.7. The number of ether oxygens (including phenoxy) is 1. The predicted molar refractivity (Wildman–Crippen MR) is 70.0 cm³/mol. The molecule has 1 aromatic rings. The number of rotatable bonds is 3. The predicted octanol–water partition coefficient (Wildman–Crippen LogP) is 0.703. The van der Waals surface area contributed by atoms with E-state index in [0.29, 0.717) is 0 Å². The van der Waals surface area contributed by atoms with E-state index in [-0.39, 0.29) is 35.9 Å². The number of benzene rings is 1. The van der Waals surface area contributed by atoms with Crippen LogP contribution in [0.25, 0.3) is 0 Å². The highest BCUT2D eigenvalue weighted by Gasteiger charge is 2.37. The number of carbonyl (C=O) groups is 2. The van der Waals surface area contributed by atoms with Crippen LogP contribution in [0.15, 0.2) is 18.2 Å². The fourth-order valence-corrected chi connectivity index (χ4v) is 2.20. The van der Waals surface area contributed by atoms with Gasteiger partial charge in [-0.3, -0.25) is 19.7 Å². The van der Waals surface area contributed by atoms with Gasteiger partial charge in [-0.2, -0.15) is 0 Å². The largest absolute Gasteiger partial charge is 0.469 e. The Hall–Kier alpha value is -2.64. The summed E-state index contributed by atoms with van der Waals surface area (Å²) in [5.74, 6) is -1.37. The maximum absolute atomic E-state index is 11.9. The van der Waals surface area contributed by atoms with E-state index in [4.69, 9.17) is 5.73 Å². The van der Waals surface area contributed by atoms with Gasteiger partial charge in [0, 0.05) is 19.0 Å². The number of esters is 1. The first kappa shape index (κ1) is 13.8. The molecule has 8 nitrogen and oxygen atoms in total. The molecule has 1 unspecified atom stereocenters. The third-order valence-electron chi connectivity index (χ3n) is 3.21. The summed E-state index contributed by atoms with van der Waals surface area (Å²) in [5, 5.41) is 10.8. The fraction of sp³-hybridized carbons (Fsp3) is 0.333. The van der Waals surface area contributed by atoms with Gasteiger partial charge in [-0.05, 0) is 6.07 Å². The maximum atomic E-state index is 11.9. The average Bonchev–Trinajstić information content (AvgIpc) is 2.79. The quantitative estimate of drug-likeness (QED) is 0.377. The average molecular weight is 279 g/mol. The zero-order chi connectivity index (χ0) is 14.9. The number of hydrogen-bond acceptors (Lipinski definition) is 6. The highest BCUT2D eigenvalue weighted by molar-refractivity contribution is 6.02. The van der Waals surface area contributed by atoms with E-state index in [2.05, 4.69) is 4.74 Å². The lowest BCUT2D eigenvalue weighted by Crippen LogP contribution is -2.27. The van der Waals surface area contributed by atoms with Gasteiger partial charge in [0.1, 0.15) is 5.69 Å². The molecule has 0 saturated carbocycles. The second-order valence-electron chi connectivity index (χ2n) is 4.40. The Labute approximate surface area is 114 Å². The molecule has 0 radical (unpaired) electrons. The van der Waals surface area contributed by atoms with Crippen molar-refractivity contribution in [2.75, 3.05) is 24.3 Å². The molecule has 1 amide bonds. The molecule has 8 heteroatoms. The molecule has 0 aliphatic carbocycles. The van der Waals surface area contributed by atoms with Crippen molar-refractivity contribution in [2.45, 2.75) is 6.42 Å². The number of hydrogen-bond donors (Lipinski definition) is 1.